The van der Waals surface area contributed by atoms with Crippen molar-refractivity contribution in [3.63, 3.8) is 0 Å². The number of rotatable bonds is 8. The summed E-state index contributed by atoms with van der Waals surface area (Å²) in [5, 5.41) is 2.63. The van der Waals surface area contributed by atoms with Crippen molar-refractivity contribution in [3.8, 4) is 5.88 Å². The van der Waals surface area contributed by atoms with Crippen LogP contribution < -0.4 is 14.5 Å². The SMILES string of the molecule is O=C1CCc2ccc(OCCCCN3CCN(c4cccc5ccccc45)CC3)nc2N1C(=O)C1CC1. The Morgan fingerprint density at radius 3 is 2.57 bits per heavy atom. The van der Waals surface area contributed by atoms with E-state index >= 15 is 0 Å². The molecule has 0 atom stereocenters. The highest BCUT2D eigenvalue weighted by molar-refractivity contribution is 6.16. The van der Waals surface area contributed by atoms with Crippen LogP contribution in [0, 0.1) is 5.92 Å². The van der Waals surface area contributed by atoms with Crippen molar-refractivity contribution < 1.29 is 14.3 Å². The third kappa shape index (κ3) is 5.18. The summed E-state index contributed by atoms with van der Waals surface area (Å²) in [4.78, 5) is 36.1. The zero-order valence-corrected chi connectivity index (χ0v) is 21.3. The number of aromatic nitrogens is 1. The lowest BCUT2D eigenvalue weighted by molar-refractivity contribution is -0.127. The molecule has 0 spiro atoms. The summed E-state index contributed by atoms with van der Waals surface area (Å²) in [5.74, 6) is 0.710. The highest BCUT2D eigenvalue weighted by atomic mass is 16.5. The molecule has 1 saturated heterocycles. The molecule has 0 N–H and O–H groups in total. The lowest BCUT2D eigenvalue weighted by Gasteiger charge is -2.36. The van der Waals surface area contributed by atoms with Crippen LogP contribution in [0.5, 0.6) is 5.88 Å². The van der Waals surface area contributed by atoms with Crippen LogP contribution in [0.25, 0.3) is 10.8 Å². The molecule has 0 bridgehead atoms. The van der Waals surface area contributed by atoms with Crippen molar-refractivity contribution in [1.29, 1.82) is 0 Å². The van der Waals surface area contributed by atoms with Crippen molar-refractivity contribution in [3.05, 3.63) is 60.2 Å². The quantitative estimate of drug-likeness (QED) is 0.338. The van der Waals surface area contributed by atoms with Crippen LogP contribution in [0.3, 0.4) is 0 Å². The number of imide groups is 1. The van der Waals surface area contributed by atoms with E-state index < -0.39 is 0 Å². The van der Waals surface area contributed by atoms with Gasteiger partial charge in [-0.25, -0.2) is 4.90 Å². The van der Waals surface area contributed by atoms with Crippen molar-refractivity contribution in [2.24, 2.45) is 5.92 Å². The first-order valence-corrected chi connectivity index (χ1v) is 13.6. The maximum absolute atomic E-state index is 12.7. The summed E-state index contributed by atoms with van der Waals surface area (Å²) in [6.45, 7) is 5.84. The number of hydrogen-bond donors (Lipinski definition) is 0. The predicted molar refractivity (Wildman–Crippen MR) is 145 cm³/mol. The Morgan fingerprint density at radius 2 is 1.73 bits per heavy atom. The van der Waals surface area contributed by atoms with Gasteiger partial charge in [0.2, 0.25) is 17.7 Å². The van der Waals surface area contributed by atoms with Crippen LogP contribution in [-0.4, -0.2) is 61.0 Å². The molecule has 2 amide bonds. The summed E-state index contributed by atoms with van der Waals surface area (Å²) in [5.41, 5.74) is 2.28. The Bertz CT molecular complexity index is 1290. The standard InChI is InChI=1S/C30H34N4O3/c35-28-15-13-23-12-14-27(31-29(23)34(28)30(36)24-10-11-24)37-21-4-3-16-32-17-19-33(20-18-32)26-9-5-7-22-6-1-2-8-25(22)26/h1-2,5-9,12,14,24H,3-4,10-11,13,15-21H2. The second kappa shape index (κ2) is 10.5. The molecular formula is C30H34N4O3. The number of unbranched alkanes of at least 4 members (excludes halogenated alkanes) is 1. The molecule has 1 saturated carbocycles. The van der Waals surface area contributed by atoms with E-state index in [1.807, 2.05) is 12.1 Å². The number of benzene rings is 2. The Kier molecular flexibility index (Phi) is 6.79. The van der Waals surface area contributed by atoms with E-state index in [-0.39, 0.29) is 17.7 Å². The molecule has 37 heavy (non-hydrogen) atoms. The van der Waals surface area contributed by atoms with E-state index in [4.69, 9.17) is 4.74 Å². The number of amides is 2. The minimum atomic E-state index is -0.144. The fourth-order valence-electron chi connectivity index (χ4n) is 5.45. The van der Waals surface area contributed by atoms with Gasteiger partial charge in [-0.1, -0.05) is 36.4 Å². The van der Waals surface area contributed by atoms with Crippen molar-refractivity contribution in [1.82, 2.24) is 9.88 Å². The molecule has 2 aliphatic heterocycles. The van der Waals surface area contributed by atoms with Crippen LogP contribution >= 0.6 is 0 Å². The van der Waals surface area contributed by atoms with Crippen LogP contribution in [-0.2, 0) is 16.0 Å². The third-order valence-electron chi connectivity index (χ3n) is 7.75. The number of nitrogens with zero attached hydrogens (tertiary/aromatic N) is 4. The van der Waals surface area contributed by atoms with Gasteiger partial charge in [-0.15, -0.1) is 0 Å². The number of aryl methyl sites for hydroxylation is 1. The number of carbonyl (C=O) groups is 2. The summed E-state index contributed by atoms with van der Waals surface area (Å²) in [6.07, 6.45) is 4.72. The number of piperazine rings is 1. The minimum absolute atomic E-state index is 0.0184. The number of anilines is 2. The van der Waals surface area contributed by atoms with Gasteiger partial charge < -0.3 is 9.64 Å². The number of hydrogen-bond acceptors (Lipinski definition) is 6. The van der Waals surface area contributed by atoms with Gasteiger partial charge in [0.05, 0.1) is 6.61 Å². The average molecular weight is 499 g/mol. The summed E-state index contributed by atoms with van der Waals surface area (Å²) < 4.78 is 5.93. The van der Waals surface area contributed by atoms with Crippen LogP contribution in [0.2, 0.25) is 0 Å². The third-order valence-corrected chi connectivity index (χ3v) is 7.75. The van der Waals surface area contributed by atoms with Gasteiger partial charge in [0.15, 0.2) is 0 Å². The van der Waals surface area contributed by atoms with E-state index in [0.29, 0.717) is 31.1 Å². The van der Waals surface area contributed by atoms with Gasteiger partial charge in [0.25, 0.3) is 0 Å². The van der Waals surface area contributed by atoms with E-state index in [1.54, 1.807) is 0 Å². The first-order valence-electron chi connectivity index (χ1n) is 13.6. The van der Waals surface area contributed by atoms with E-state index in [1.165, 1.54) is 21.4 Å². The summed E-state index contributed by atoms with van der Waals surface area (Å²) in [7, 11) is 0. The molecule has 0 unspecified atom stereocenters. The number of pyridine rings is 1. The molecule has 3 heterocycles. The lowest BCUT2D eigenvalue weighted by Crippen LogP contribution is -2.46. The number of fused-ring (bicyclic) bond motifs is 2. The van der Waals surface area contributed by atoms with Crippen LogP contribution in [0.1, 0.15) is 37.7 Å². The van der Waals surface area contributed by atoms with E-state index in [2.05, 4.69) is 57.2 Å². The Morgan fingerprint density at radius 1 is 0.919 bits per heavy atom. The molecule has 1 aliphatic carbocycles. The highest BCUT2D eigenvalue weighted by Crippen LogP contribution is 2.36. The summed E-state index contributed by atoms with van der Waals surface area (Å²) in [6, 6.07) is 19.0. The molecule has 7 heteroatoms. The van der Waals surface area contributed by atoms with Gasteiger partial charge in [0, 0.05) is 55.7 Å². The Hall–Kier alpha value is -3.45. The average Bonchev–Trinajstić information content (AvgIpc) is 3.78. The maximum Gasteiger partial charge on any atom is 0.238 e. The topological polar surface area (TPSA) is 66.0 Å². The first kappa shape index (κ1) is 23.9. The molecular weight excluding hydrogens is 464 g/mol. The molecule has 1 aromatic heterocycles. The smallest absolute Gasteiger partial charge is 0.238 e. The normalized spacial score (nSPS) is 18.2. The molecule has 7 nitrogen and oxygen atoms in total. The molecule has 2 fully saturated rings. The largest absolute Gasteiger partial charge is 0.478 e. The van der Waals surface area contributed by atoms with Crippen molar-refractivity contribution in [2.75, 3.05) is 49.1 Å². The predicted octanol–water partition coefficient (Wildman–Crippen LogP) is 4.43. The van der Waals surface area contributed by atoms with E-state index in [0.717, 1.165) is 64.0 Å². The molecule has 3 aliphatic rings. The molecule has 6 rings (SSSR count). The minimum Gasteiger partial charge on any atom is -0.478 e. The lowest BCUT2D eigenvalue weighted by atomic mass is 10.0. The van der Waals surface area contributed by atoms with Crippen molar-refractivity contribution >= 4 is 34.1 Å². The van der Waals surface area contributed by atoms with E-state index in [9.17, 15) is 9.59 Å². The number of ether oxygens (including phenoxy) is 1. The van der Waals surface area contributed by atoms with Gasteiger partial charge in [-0.05, 0) is 61.7 Å². The fourth-order valence-corrected chi connectivity index (χ4v) is 5.45. The monoisotopic (exact) mass is 498 g/mol. The van der Waals surface area contributed by atoms with Crippen molar-refractivity contribution in [2.45, 2.75) is 38.5 Å². The van der Waals surface area contributed by atoms with Gasteiger partial charge >= 0.3 is 0 Å². The molecule has 0 radical (unpaired) electrons. The number of carbonyl (C=O) groups excluding carboxylic acids is 2. The van der Waals surface area contributed by atoms with Gasteiger partial charge in [-0.2, -0.15) is 4.98 Å². The molecule has 2 aromatic carbocycles. The van der Waals surface area contributed by atoms with Crippen LogP contribution in [0.15, 0.2) is 54.6 Å². The zero-order chi connectivity index (χ0) is 25.2. The Balaban J connectivity index is 0.965. The van der Waals surface area contributed by atoms with Gasteiger partial charge in [0.1, 0.15) is 5.82 Å². The van der Waals surface area contributed by atoms with Gasteiger partial charge in [-0.3, -0.25) is 14.5 Å². The zero-order valence-electron chi connectivity index (χ0n) is 21.3. The second-order valence-electron chi connectivity index (χ2n) is 10.4. The highest BCUT2D eigenvalue weighted by Gasteiger charge is 2.40. The fraction of sp³-hybridized carbons (Fsp3) is 0.433. The summed E-state index contributed by atoms with van der Waals surface area (Å²) >= 11 is 0. The Labute approximate surface area is 218 Å². The first-order chi connectivity index (χ1) is 18.2. The molecule has 3 aromatic rings. The van der Waals surface area contributed by atoms with Crippen LogP contribution in [0.4, 0.5) is 11.5 Å². The molecule has 192 valence electrons. The maximum atomic E-state index is 12.7. The second-order valence-corrected chi connectivity index (χ2v) is 10.4.